The Morgan fingerprint density at radius 1 is 0.812 bits per heavy atom. The molecule has 0 atom stereocenters. The first kappa shape index (κ1) is 23.5. The number of benzene rings is 3. The molecule has 0 aliphatic carbocycles. The number of hydrogen-bond donors (Lipinski definition) is 3. The number of hydrazone groups is 1. The Kier molecular flexibility index (Phi) is 7.99. The third kappa shape index (κ3) is 6.16. The van der Waals surface area contributed by atoms with E-state index in [1.54, 1.807) is 54.6 Å². The molecule has 0 saturated heterocycles. The van der Waals surface area contributed by atoms with Gasteiger partial charge in [0.15, 0.2) is 0 Å². The van der Waals surface area contributed by atoms with Crippen LogP contribution in [-0.2, 0) is 9.59 Å². The van der Waals surface area contributed by atoms with Crippen molar-refractivity contribution >= 4 is 74.4 Å². The van der Waals surface area contributed by atoms with Crippen molar-refractivity contribution < 1.29 is 14.4 Å². The number of halogens is 3. The van der Waals surface area contributed by atoms with E-state index in [0.29, 0.717) is 21.3 Å². The van der Waals surface area contributed by atoms with Crippen LogP contribution in [0.1, 0.15) is 15.9 Å². The molecule has 0 saturated carbocycles. The standard InChI is InChI=1S/C22H15BrCl2N4O3/c23-13-8-10-14(11-9-13)27-20(30)15-4-1-2-7-19(15)28-21(31)22(32)29-26-12-16-17(24)5-3-6-18(16)25/h1-12H,(H,27,30)(H,28,31)(H,29,32)/b26-12+. The molecule has 0 unspecified atom stereocenters. The van der Waals surface area contributed by atoms with Crippen LogP contribution in [-0.4, -0.2) is 23.9 Å². The van der Waals surface area contributed by atoms with Crippen molar-refractivity contribution in [2.75, 3.05) is 10.6 Å². The van der Waals surface area contributed by atoms with Gasteiger partial charge in [-0.25, -0.2) is 5.43 Å². The summed E-state index contributed by atoms with van der Waals surface area (Å²) in [6.07, 6.45) is 1.23. The molecule has 7 nitrogen and oxygen atoms in total. The molecule has 3 aromatic rings. The second-order valence-corrected chi connectivity index (χ2v) is 8.03. The van der Waals surface area contributed by atoms with Crippen molar-refractivity contribution in [1.82, 2.24) is 5.43 Å². The van der Waals surface area contributed by atoms with Crippen molar-refractivity contribution in [3.05, 3.63) is 92.4 Å². The van der Waals surface area contributed by atoms with Gasteiger partial charge in [-0.3, -0.25) is 14.4 Å². The van der Waals surface area contributed by atoms with Gasteiger partial charge in [-0.1, -0.05) is 57.3 Å². The Hall–Kier alpha value is -3.20. The predicted molar refractivity (Wildman–Crippen MR) is 129 cm³/mol. The molecule has 3 rings (SSSR count). The van der Waals surface area contributed by atoms with Gasteiger partial charge in [-0.15, -0.1) is 0 Å². The zero-order chi connectivity index (χ0) is 23.1. The number of nitrogens with zero attached hydrogens (tertiary/aromatic N) is 1. The molecule has 0 fully saturated rings. The maximum absolute atomic E-state index is 12.6. The maximum atomic E-state index is 12.6. The molecule has 0 radical (unpaired) electrons. The fourth-order valence-corrected chi connectivity index (χ4v) is 3.30. The molecule has 0 aromatic heterocycles. The highest BCUT2D eigenvalue weighted by atomic mass is 79.9. The van der Waals surface area contributed by atoms with Gasteiger partial charge < -0.3 is 10.6 Å². The van der Waals surface area contributed by atoms with Crippen LogP contribution < -0.4 is 16.1 Å². The molecule has 0 heterocycles. The summed E-state index contributed by atoms with van der Waals surface area (Å²) in [6.45, 7) is 0. The van der Waals surface area contributed by atoms with Crippen LogP contribution in [0.4, 0.5) is 11.4 Å². The molecule has 3 N–H and O–H groups in total. The van der Waals surface area contributed by atoms with E-state index in [9.17, 15) is 14.4 Å². The summed E-state index contributed by atoms with van der Waals surface area (Å²) in [4.78, 5) is 37.0. The Morgan fingerprint density at radius 3 is 2.16 bits per heavy atom. The minimum atomic E-state index is -1.03. The molecule has 0 bridgehead atoms. The van der Waals surface area contributed by atoms with Crippen LogP contribution in [0.15, 0.2) is 76.3 Å². The van der Waals surface area contributed by atoms with Gasteiger partial charge in [0.25, 0.3) is 5.91 Å². The summed E-state index contributed by atoms with van der Waals surface area (Å²) >= 11 is 15.4. The summed E-state index contributed by atoms with van der Waals surface area (Å²) in [5.41, 5.74) is 3.41. The molecule has 32 heavy (non-hydrogen) atoms. The summed E-state index contributed by atoms with van der Waals surface area (Å²) in [5.74, 6) is -2.49. The minimum absolute atomic E-state index is 0.167. The highest BCUT2D eigenvalue weighted by molar-refractivity contribution is 9.10. The molecule has 0 aliphatic heterocycles. The molecular weight excluding hydrogens is 519 g/mol. The van der Waals surface area contributed by atoms with Gasteiger partial charge in [0, 0.05) is 15.7 Å². The van der Waals surface area contributed by atoms with Gasteiger partial charge in [0.05, 0.1) is 27.5 Å². The molecule has 3 amide bonds. The monoisotopic (exact) mass is 532 g/mol. The number of hydrogen-bond acceptors (Lipinski definition) is 4. The number of rotatable bonds is 5. The first-order chi connectivity index (χ1) is 15.3. The number of amides is 3. The number of anilines is 2. The molecular formula is C22H15BrCl2N4O3. The van der Waals surface area contributed by atoms with Gasteiger partial charge in [0.2, 0.25) is 0 Å². The van der Waals surface area contributed by atoms with Gasteiger partial charge >= 0.3 is 11.8 Å². The van der Waals surface area contributed by atoms with Crippen molar-refractivity contribution in [2.45, 2.75) is 0 Å². The first-order valence-corrected chi connectivity index (χ1v) is 10.6. The quantitative estimate of drug-likeness (QED) is 0.242. The zero-order valence-electron chi connectivity index (χ0n) is 16.2. The number of nitrogens with one attached hydrogen (secondary N) is 3. The zero-order valence-corrected chi connectivity index (χ0v) is 19.3. The van der Waals surface area contributed by atoms with Crippen LogP contribution in [0.25, 0.3) is 0 Å². The molecule has 162 valence electrons. The third-order valence-electron chi connectivity index (χ3n) is 4.09. The summed E-state index contributed by atoms with van der Waals surface area (Å²) in [6, 6.07) is 18.2. The molecule has 0 spiro atoms. The Balaban J connectivity index is 1.66. The van der Waals surface area contributed by atoms with E-state index in [0.717, 1.165) is 4.47 Å². The topological polar surface area (TPSA) is 99.7 Å². The lowest BCUT2D eigenvalue weighted by Gasteiger charge is -2.11. The van der Waals surface area contributed by atoms with E-state index in [2.05, 4.69) is 37.1 Å². The first-order valence-electron chi connectivity index (χ1n) is 9.09. The van der Waals surface area contributed by atoms with Crippen molar-refractivity contribution in [1.29, 1.82) is 0 Å². The number of para-hydroxylation sites is 1. The Labute approximate surface area is 201 Å². The van der Waals surface area contributed by atoms with Crippen molar-refractivity contribution in [3.63, 3.8) is 0 Å². The van der Waals surface area contributed by atoms with Crippen molar-refractivity contribution in [3.8, 4) is 0 Å². The molecule has 10 heteroatoms. The fraction of sp³-hybridized carbons (Fsp3) is 0. The predicted octanol–water partition coefficient (Wildman–Crippen LogP) is 5.10. The van der Waals surface area contributed by atoms with Crippen LogP contribution in [0.2, 0.25) is 10.0 Å². The second-order valence-electron chi connectivity index (χ2n) is 6.30. The normalized spacial score (nSPS) is 10.6. The average molecular weight is 534 g/mol. The van der Waals surface area contributed by atoms with E-state index in [1.165, 1.54) is 18.3 Å². The van der Waals surface area contributed by atoms with Crippen LogP contribution in [0, 0.1) is 0 Å². The Morgan fingerprint density at radius 2 is 1.47 bits per heavy atom. The SMILES string of the molecule is O=C(N/N=C/c1c(Cl)cccc1Cl)C(=O)Nc1ccccc1C(=O)Nc1ccc(Br)cc1. The van der Waals surface area contributed by atoms with Crippen molar-refractivity contribution in [2.24, 2.45) is 5.10 Å². The van der Waals surface area contributed by atoms with Crippen LogP contribution >= 0.6 is 39.1 Å². The van der Waals surface area contributed by atoms with E-state index in [-0.39, 0.29) is 11.3 Å². The van der Waals surface area contributed by atoms with E-state index in [1.807, 2.05) is 0 Å². The van der Waals surface area contributed by atoms with E-state index < -0.39 is 17.7 Å². The van der Waals surface area contributed by atoms with Gasteiger partial charge in [-0.05, 0) is 48.5 Å². The minimum Gasteiger partial charge on any atom is -0.322 e. The lowest BCUT2D eigenvalue weighted by atomic mass is 10.1. The second kappa shape index (κ2) is 10.9. The largest absolute Gasteiger partial charge is 0.329 e. The third-order valence-corrected chi connectivity index (χ3v) is 5.28. The lowest BCUT2D eigenvalue weighted by molar-refractivity contribution is -0.136. The number of carbonyl (C=O) groups excluding carboxylic acids is 3. The van der Waals surface area contributed by atoms with Crippen LogP contribution in [0.5, 0.6) is 0 Å². The van der Waals surface area contributed by atoms with E-state index in [4.69, 9.17) is 23.2 Å². The fourth-order valence-electron chi connectivity index (χ4n) is 2.54. The number of carbonyl (C=O) groups is 3. The Bertz CT molecular complexity index is 1180. The average Bonchev–Trinajstić information content (AvgIpc) is 2.77. The summed E-state index contributed by atoms with van der Waals surface area (Å²) in [5, 5.41) is 9.53. The molecule has 0 aliphatic rings. The highest BCUT2D eigenvalue weighted by Gasteiger charge is 2.18. The highest BCUT2D eigenvalue weighted by Crippen LogP contribution is 2.22. The summed E-state index contributed by atoms with van der Waals surface area (Å²) < 4.78 is 0.869. The van der Waals surface area contributed by atoms with E-state index >= 15 is 0 Å². The lowest BCUT2D eigenvalue weighted by Crippen LogP contribution is -2.33. The van der Waals surface area contributed by atoms with Gasteiger partial charge in [0.1, 0.15) is 0 Å². The maximum Gasteiger partial charge on any atom is 0.329 e. The molecule has 3 aromatic carbocycles. The van der Waals surface area contributed by atoms with Gasteiger partial charge in [-0.2, -0.15) is 5.10 Å². The van der Waals surface area contributed by atoms with Crippen LogP contribution in [0.3, 0.4) is 0 Å². The summed E-state index contributed by atoms with van der Waals surface area (Å²) in [7, 11) is 0. The smallest absolute Gasteiger partial charge is 0.322 e.